The molecule has 0 atom stereocenters. The predicted molar refractivity (Wildman–Crippen MR) is 61.9 cm³/mol. The van der Waals surface area contributed by atoms with Crippen LogP contribution < -0.4 is 0 Å². The minimum absolute atomic E-state index is 0.0275. The molecule has 5 heteroatoms. The normalized spacial score (nSPS) is 10.6. The van der Waals surface area contributed by atoms with Crippen molar-refractivity contribution >= 4 is 11.6 Å². The average molecular weight is 255 g/mol. The van der Waals surface area contributed by atoms with E-state index < -0.39 is 11.6 Å². The van der Waals surface area contributed by atoms with Crippen molar-refractivity contribution in [1.82, 2.24) is 9.97 Å². The molecule has 0 bridgehead atoms. The second-order valence-corrected chi connectivity index (χ2v) is 4.05. The lowest BCUT2D eigenvalue weighted by Crippen LogP contribution is -1.97. The Bertz CT molecular complexity index is 565. The van der Waals surface area contributed by atoms with Crippen LogP contribution in [0.25, 0.3) is 11.3 Å². The predicted octanol–water partition coefficient (Wildman–Crippen LogP) is 3.69. The number of hydrogen-bond donors (Lipinski definition) is 0. The van der Waals surface area contributed by atoms with Gasteiger partial charge in [-0.05, 0) is 43.1 Å². The lowest BCUT2D eigenvalue weighted by Gasteiger charge is -2.07. The average Bonchev–Trinajstić information content (AvgIpc) is 2.23. The monoisotopic (exact) mass is 254 g/mol. The van der Waals surface area contributed by atoms with Crippen molar-refractivity contribution in [3.63, 3.8) is 0 Å². The highest BCUT2D eigenvalue weighted by Crippen LogP contribution is 2.27. The summed E-state index contributed by atoms with van der Waals surface area (Å²) >= 11 is 5.68. The molecule has 1 heterocycles. The number of aromatic nitrogens is 2. The molecule has 0 aliphatic rings. The van der Waals surface area contributed by atoms with Gasteiger partial charge < -0.3 is 0 Å². The first kappa shape index (κ1) is 11.9. The molecule has 0 aliphatic heterocycles. The smallest absolute Gasteiger partial charge is 0.223 e. The minimum Gasteiger partial charge on any atom is -0.223 e. The van der Waals surface area contributed by atoms with Gasteiger partial charge >= 0.3 is 0 Å². The van der Waals surface area contributed by atoms with Crippen LogP contribution in [0.4, 0.5) is 8.78 Å². The fraction of sp³-hybridized carbons (Fsp3) is 0.167. The fourth-order valence-electron chi connectivity index (χ4n) is 1.55. The van der Waals surface area contributed by atoms with Crippen molar-refractivity contribution in [3.05, 3.63) is 46.4 Å². The summed E-state index contributed by atoms with van der Waals surface area (Å²) in [6.45, 7) is 3.25. The van der Waals surface area contributed by atoms with E-state index in [0.29, 0.717) is 11.3 Å². The molecule has 1 aromatic carbocycles. The van der Waals surface area contributed by atoms with Gasteiger partial charge in [-0.25, -0.2) is 18.7 Å². The zero-order valence-corrected chi connectivity index (χ0v) is 10.0. The van der Waals surface area contributed by atoms with Crippen molar-refractivity contribution < 1.29 is 8.78 Å². The van der Waals surface area contributed by atoms with Gasteiger partial charge in [0.2, 0.25) is 5.28 Å². The lowest BCUT2D eigenvalue weighted by atomic mass is 10.1. The number of aryl methyl sites for hydroxylation is 2. The van der Waals surface area contributed by atoms with Gasteiger partial charge in [0.05, 0.1) is 11.3 Å². The summed E-state index contributed by atoms with van der Waals surface area (Å²) in [7, 11) is 0. The Morgan fingerprint density at radius 2 is 1.82 bits per heavy atom. The summed E-state index contributed by atoms with van der Waals surface area (Å²) in [6.07, 6.45) is 0. The zero-order chi connectivity index (χ0) is 12.6. The van der Waals surface area contributed by atoms with Gasteiger partial charge in [-0.15, -0.1) is 0 Å². The van der Waals surface area contributed by atoms with E-state index in [-0.39, 0.29) is 16.5 Å². The molecular formula is C12H9ClF2N2. The van der Waals surface area contributed by atoms with Crippen LogP contribution in [0.1, 0.15) is 11.3 Å². The van der Waals surface area contributed by atoms with Gasteiger partial charge in [-0.2, -0.15) is 0 Å². The van der Waals surface area contributed by atoms with Crippen LogP contribution >= 0.6 is 11.6 Å². The van der Waals surface area contributed by atoms with E-state index in [9.17, 15) is 8.78 Å². The Hall–Kier alpha value is -1.55. The first-order chi connectivity index (χ1) is 7.99. The van der Waals surface area contributed by atoms with Crippen LogP contribution in [0, 0.1) is 25.5 Å². The molecule has 17 heavy (non-hydrogen) atoms. The molecule has 0 radical (unpaired) electrons. The maximum absolute atomic E-state index is 13.9. The minimum atomic E-state index is -0.665. The molecular weight excluding hydrogens is 246 g/mol. The van der Waals surface area contributed by atoms with Gasteiger partial charge in [0.25, 0.3) is 0 Å². The molecule has 2 aromatic rings. The largest absolute Gasteiger partial charge is 0.223 e. The van der Waals surface area contributed by atoms with E-state index in [1.165, 1.54) is 18.2 Å². The van der Waals surface area contributed by atoms with Crippen LogP contribution in [-0.2, 0) is 0 Å². The van der Waals surface area contributed by atoms with Crippen molar-refractivity contribution in [3.8, 4) is 11.3 Å². The summed E-state index contributed by atoms with van der Waals surface area (Å²) in [5.74, 6) is -1.29. The Balaban J connectivity index is 2.72. The molecule has 2 rings (SSSR count). The van der Waals surface area contributed by atoms with Crippen LogP contribution in [0.5, 0.6) is 0 Å². The van der Waals surface area contributed by atoms with Gasteiger partial charge in [-0.1, -0.05) is 6.07 Å². The van der Waals surface area contributed by atoms with Crippen molar-refractivity contribution in [2.24, 2.45) is 0 Å². The second-order valence-electron chi connectivity index (χ2n) is 3.72. The molecule has 1 aromatic heterocycles. The topological polar surface area (TPSA) is 25.8 Å². The van der Waals surface area contributed by atoms with Gasteiger partial charge in [0, 0.05) is 5.69 Å². The molecule has 0 saturated heterocycles. The van der Waals surface area contributed by atoms with Gasteiger partial charge in [0.15, 0.2) is 0 Å². The molecule has 0 amide bonds. The molecule has 2 nitrogen and oxygen atoms in total. The van der Waals surface area contributed by atoms with E-state index in [2.05, 4.69) is 9.97 Å². The first-order valence-electron chi connectivity index (χ1n) is 4.95. The molecule has 0 N–H and O–H groups in total. The maximum atomic E-state index is 13.9. The van der Waals surface area contributed by atoms with Crippen molar-refractivity contribution in [1.29, 1.82) is 0 Å². The van der Waals surface area contributed by atoms with Crippen LogP contribution in [-0.4, -0.2) is 9.97 Å². The van der Waals surface area contributed by atoms with Gasteiger partial charge in [0.1, 0.15) is 11.6 Å². The highest BCUT2D eigenvalue weighted by Gasteiger charge is 2.15. The van der Waals surface area contributed by atoms with Crippen LogP contribution in [0.3, 0.4) is 0 Å². The molecule has 0 unspecified atom stereocenters. The first-order valence-corrected chi connectivity index (χ1v) is 5.33. The highest BCUT2D eigenvalue weighted by atomic mass is 35.5. The van der Waals surface area contributed by atoms with E-state index in [1.54, 1.807) is 13.8 Å². The third kappa shape index (κ3) is 2.26. The van der Waals surface area contributed by atoms with E-state index in [1.807, 2.05) is 0 Å². The summed E-state index contributed by atoms with van der Waals surface area (Å²) < 4.78 is 27.5. The third-order valence-corrected chi connectivity index (χ3v) is 2.54. The second kappa shape index (κ2) is 4.37. The Labute approximate surface area is 102 Å². The summed E-state index contributed by atoms with van der Waals surface area (Å²) in [6, 6.07) is 4.08. The maximum Gasteiger partial charge on any atom is 0.223 e. The number of nitrogens with zero attached hydrogens (tertiary/aromatic N) is 2. The molecule has 0 aliphatic carbocycles. The quantitative estimate of drug-likeness (QED) is 0.726. The van der Waals surface area contributed by atoms with Crippen LogP contribution in [0.15, 0.2) is 18.2 Å². The van der Waals surface area contributed by atoms with E-state index in [0.717, 1.165) is 0 Å². The Kier molecular flexibility index (Phi) is 3.07. The third-order valence-electron chi connectivity index (χ3n) is 2.37. The Morgan fingerprint density at radius 1 is 1.12 bits per heavy atom. The summed E-state index contributed by atoms with van der Waals surface area (Å²) in [4.78, 5) is 7.69. The number of rotatable bonds is 1. The molecule has 0 spiro atoms. The van der Waals surface area contributed by atoms with E-state index >= 15 is 0 Å². The zero-order valence-electron chi connectivity index (χ0n) is 9.26. The lowest BCUT2D eigenvalue weighted by molar-refractivity contribution is 0.582. The molecule has 0 saturated carbocycles. The van der Waals surface area contributed by atoms with Crippen molar-refractivity contribution in [2.75, 3.05) is 0 Å². The molecule has 88 valence electrons. The SMILES string of the molecule is Cc1cc(-c2c(F)ccc(C)c2F)nc(Cl)n1. The van der Waals surface area contributed by atoms with E-state index in [4.69, 9.17) is 11.6 Å². The summed E-state index contributed by atoms with van der Waals surface area (Å²) in [5.41, 5.74) is 0.896. The fourth-order valence-corrected chi connectivity index (χ4v) is 1.78. The summed E-state index contributed by atoms with van der Waals surface area (Å²) in [5, 5.41) is -0.0275. The molecule has 0 fully saturated rings. The Morgan fingerprint density at radius 3 is 2.47 bits per heavy atom. The van der Waals surface area contributed by atoms with Crippen molar-refractivity contribution in [2.45, 2.75) is 13.8 Å². The van der Waals surface area contributed by atoms with Gasteiger partial charge in [-0.3, -0.25) is 0 Å². The highest BCUT2D eigenvalue weighted by molar-refractivity contribution is 6.28. The standard InChI is InChI=1S/C12H9ClF2N2/c1-6-3-4-8(14)10(11(6)15)9-5-7(2)16-12(13)17-9/h3-5H,1-2H3. The van der Waals surface area contributed by atoms with Crippen LogP contribution in [0.2, 0.25) is 5.28 Å². The number of hydrogen-bond acceptors (Lipinski definition) is 2. The number of halogens is 3. The number of benzene rings is 1.